The molecule has 0 saturated carbocycles. The van der Waals surface area contributed by atoms with Crippen LogP contribution in [0.25, 0.3) is 0 Å². The van der Waals surface area contributed by atoms with Crippen molar-refractivity contribution in [1.29, 1.82) is 0 Å². The molecule has 0 unspecified atom stereocenters. The van der Waals surface area contributed by atoms with Crippen molar-refractivity contribution in [2.24, 2.45) is 7.05 Å². The Labute approximate surface area is 133 Å². The first-order valence-electron chi connectivity index (χ1n) is 5.18. The van der Waals surface area contributed by atoms with Gasteiger partial charge < -0.3 is 9.30 Å². The largest absolute Gasteiger partial charge is 0.483 e. The van der Waals surface area contributed by atoms with Crippen molar-refractivity contribution in [3.8, 4) is 5.75 Å². The Balaban J connectivity index is 2.38. The first-order chi connectivity index (χ1) is 9.29. The number of benzene rings is 1. The van der Waals surface area contributed by atoms with Gasteiger partial charge in [0.05, 0.1) is 5.02 Å². The van der Waals surface area contributed by atoms with Crippen molar-refractivity contribution in [1.82, 2.24) is 14.8 Å². The number of hydrogen-bond acceptors (Lipinski definition) is 5. The van der Waals surface area contributed by atoms with Gasteiger partial charge in [-0.2, -0.15) is 0 Å². The molecule has 0 saturated heterocycles. The molecular formula is C10H8BrCl2N3O3S. The zero-order chi connectivity index (χ0) is 14.9. The van der Waals surface area contributed by atoms with E-state index in [1.165, 1.54) is 18.5 Å². The molecule has 0 aliphatic rings. The standard InChI is InChI=1S/C10H8BrCl2N3O3S/c1-16-5-14-15-9(16)4-19-10-7(12)2-6(11)3-8(10)20(13,17)18/h2-3,5H,4H2,1H3. The quantitative estimate of drug-likeness (QED) is 0.737. The maximum Gasteiger partial charge on any atom is 0.265 e. The van der Waals surface area contributed by atoms with Gasteiger partial charge in [0.2, 0.25) is 0 Å². The smallest absolute Gasteiger partial charge is 0.265 e. The van der Waals surface area contributed by atoms with Crippen molar-refractivity contribution in [2.45, 2.75) is 11.5 Å². The molecule has 1 aromatic heterocycles. The average Bonchev–Trinajstić information content (AvgIpc) is 2.72. The first-order valence-corrected chi connectivity index (χ1v) is 8.66. The summed E-state index contributed by atoms with van der Waals surface area (Å²) in [6.07, 6.45) is 1.50. The highest BCUT2D eigenvalue weighted by Crippen LogP contribution is 2.37. The second-order valence-electron chi connectivity index (χ2n) is 3.80. The summed E-state index contributed by atoms with van der Waals surface area (Å²) in [4.78, 5) is -0.208. The van der Waals surface area contributed by atoms with Gasteiger partial charge in [-0.15, -0.1) is 10.2 Å². The van der Waals surface area contributed by atoms with Crippen LogP contribution in [0.4, 0.5) is 0 Å². The van der Waals surface area contributed by atoms with E-state index in [4.69, 9.17) is 27.0 Å². The van der Waals surface area contributed by atoms with E-state index in [1.807, 2.05) is 0 Å². The number of halogens is 3. The lowest BCUT2D eigenvalue weighted by Gasteiger charge is -2.11. The van der Waals surface area contributed by atoms with E-state index in [-0.39, 0.29) is 22.3 Å². The summed E-state index contributed by atoms with van der Waals surface area (Å²) in [6, 6.07) is 2.83. The van der Waals surface area contributed by atoms with E-state index >= 15 is 0 Å². The molecule has 0 N–H and O–H groups in total. The van der Waals surface area contributed by atoms with Crippen LogP contribution in [0.2, 0.25) is 5.02 Å². The molecule has 0 aliphatic heterocycles. The first kappa shape index (κ1) is 15.6. The van der Waals surface area contributed by atoms with Crippen LogP contribution < -0.4 is 4.74 Å². The number of aromatic nitrogens is 3. The molecule has 0 radical (unpaired) electrons. The Morgan fingerprint density at radius 1 is 1.45 bits per heavy atom. The van der Waals surface area contributed by atoms with Gasteiger partial charge in [0.15, 0.2) is 11.6 Å². The zero-order valence-corrected chi connectivity index (χ0v) is 14.0. The second kappa shape index (κ2) is 5.88. The van der Waals surface area contributed by atoms with Crippen molar-refractivity contribution in [2.75, 3.05) is 0 Å². The summed E-state index contributed by atoms with van der Waals surface area (Å²) < 4.78 is 30.7. The molecule has 0 fully saturated rings. The fourth-order valence-electron chi connectivity index (χ4n) is 1.43. The number of ether oxygens (including phenoxy) is 1. The minimum Gasteiger partial charge on any atom is -0.483 e. The summed E-state index contributed by atoms with van der Waals surface area (Å²) in [7, 11) is 3.13. The lowest BCUT2D eigenvalue weighted by atomic mass is 10.3. The summed E-state index contributed by atoms with van der Waals surface area (Å²) in [5.41, 5.74) is 0. The van der Waals surface area contributed by atoms with Crippen molar-refractivity contribution >= 4 is 47.3 Å². The van der Waals surface area contributed by atoms with Gasteiger partial charge in [-0.1, -0.05) is 27.5 Å². The van der Waals surface area contributed by atoms with Gasteiger partial charge >= 0.3 is 0 Å². The Morgan fingerprint density at radius 3 is 2.70 bits per heavy atom. The third-order valence-corrected chi connectivity index (χ3v) is 4.45. The summed E-state index contributed by atoms with van der Waals surface area (Å²) in [5, 5.41) is 7.64. The average molecular weight is 401 g/mol. The number of nitrogens with zero attached hydrogens (tertiary/aromatic N) is 3. The van der Waals surface area contributed by atoms with Crippen LogP contribution in [0.5, 0.6) is 5.75 Å². The van der Waals surface area contributed by atoms with Crippen molar-refractivity contribution in [3.05, 3.63) is 33.8 Å². The van der Waals surface area contributed by atoms with Crippen LogP contribution in [0.3, 0.4) is 0 Å². The minimum absolute atomic E-state index is 0.0112. The molecule has 6 nitrogen and oxygen atoms in total. The van der Waals surface area contributed by atoms with Crippen molar-refractivity contribution in [3.63, 3.8) is 0 Å². The highest BCUT2D eigenvalue weighted by atomic mass is 79.9. The topological polar surface area (TPSA) is 74.1 Å². The zero-order valence-electron chi connectivity index (χ0n) is 10.0. The summed E-state index contributed by atoms with van der Waals surface area (Å²) in [6.45, 7) is 0.0112. The monoisotopic (exact) mass is 399 g/mol. The molecule has 0 atom stereocenters. The summed E-state index contributed by atoms with van der Waals surface area (Å²) >= 11 is 9.15. The third kappa shape index (κ3) is 3.43. The predicted octanol–water partition coefficient (Wildman–Crippen LogP) is 2.74. The molecule has 1 heterocycles. The molecule has 0 bridgehead atoms. The number of hydrogen-bond donors (Lipinski definition) is 0. The second-order valence-corrected chi connectivity index (χ2v) is 7.66. The molecule has 2 rings (SSSR count). The molecule has 20 heavy (non-hydrogen) atoms. The number of rotatable bonds is 4. The highest BCUT2D eigenvalue weighted by Gasteiger charge is 2.21. The van der Waals surface area contributed by atoms with E-state index in [9.17, 15) is 8.42 Å². The van der Waals surface area contributed by atoms with Crippen LogP contribution >= 0.6 is 38.2 Å². The fraction of sp³-hybridized carbons (Fsp3) is 0.200. The summed E-state index contributed by atoms with van der Waals surface area (Å²) in [5.74, 6) is 0.495. The van der Waals surface area contributed by atoms with E-state index < -0.39 is 9.05 Å². The van der Waals surface area contributed by atoms with Gasteiger partial charge in [0.1, 0.15) is 17.8 Å². The molecule has 1 aromatic carbocycles. The predicted molar refractivity (Wildman–Crippen MR) is 77.5 cm³/mol. The van der Waals surface area contributed by atoms with Gasteiger partial charge in [0, 0.05) is 22.2 Å². The van der Waals surface area contributed by atoms with E-state index in [0.717, 1.165) is 0 Å². The molecule has 0 aliphatic carbocycles. The van der Waals surface area contributed by atoms with E-state index in [1.54, 1.807) is 11.6 Å². The number of aryl methyl sites for hydroxylation is 1. The van der Waals surface area contributed by atoms with Gasteiger partial charge in [-0.05, 0) is 12.1 Å². The highest BCUT2D eigenvalue weighted by molar-refractivity contribution is 9.10. The molecular weight excluding hydrogens is 393 g/mol. The fourth-order valence-corrected chi connectivity index (χ4v) is 3.51. The minimum atomic E-state index is -3.99. The Bertz CT molecular complexity index is 748. The van der Waals surface area contributed by atoms with Crippen LogP contribution in [0, 0.1) is 0 Å². The molecule has 0 spiro atoms. The Hall–Kier alpha value is -0.830. The normalized spacial score (nSPS) is 11.6. The lowest BCUT2D eigenvalue weighted by Crippen LogP contribution is -2.06. The molecule has 10 heteroatoms. The van der Waals surface area contributed by atoms with E-state index in [2.05, 4.69) is 26.1 Å². The molecule has 0 amide bonds. The van der Waals surface area contributed by atoms with Crippen molar-refractivity contribution < 1.29 is 13.2 Å². The maximum absolute atomic E-state index is 11.6. The lowest BCUT2D eigenvalue weighted by molar-refractivity contribution is 0.284. The Morgan fingerprint density at radius 2 is 2.15 bits per heavy atom. The van der Waals surface area contributed by atoms with Gasteiger partial charge in [-0.25, -0.2) is 8.42 Å². The molecule has 2 aromatic rings. The van der Waals surface area contributed by atoms with E-state index in [0.29, 0.717) is 10.3 Å². The van der Waals surface area contributed by atoms with Crippen LogP contribution in [-0.4, -0.2) is 23.2 Å². The third-order valence-electron chi connectivity index (χ3n) is 2.39. The Kier molecular flexibility index (Phi) is 4.58. The van der Waals surface area contributed by atoms with Crippen LogP contribution in [0.1, 0.15) is 5.82 Å². The SMILES string of the molecule is Cn1cnnc1COc1c(Cl)cc(Br)cc1S(=O)(=O)Cl. The van der Waals surface area contributed by atoms with Gasteiger partial charge in [-0.3, -0.25) is 0 Å². The molecule has 108 valence electrons. The maximum atomic E-state index is 11.6. The van der Waals surface area contributed by atoms with Gasteiger partial charge in [0.25, 0.3) is 9.05 Å². The van der Waals surface area contributed by atoms with Crippen LogP contribution in [0.15, 0.2) is 27.8 Å². The van der Waals surface area contributed by atoms with Crippen LogP contribution in [-0.2, 0) is 22.7 Å².